The van der Waals surface area contributed by atoms with Crippen molar-refractivity contribution in [2.75, 3.05) is 22.5 Å². The van der Waals surface area contributed by atoms with Gasteiger partial charge in [-0.1, -0.05) is 41.4 Å². The highest BCUT2D eigenvalue weighted by Gasteiger charge is 2.11. The first-order valence-corrected chi connectivity index (χ1v) is 7.96. The summed E-state index contributed by atoms with van der Waals surface area (Å²) in [6.07, 6.45) is 0. The van der Waals surface area contributed by atoms with Crippen molar-refractivity contribution in [1.82, 2.24) is 4.98 Å². The molecule has 1 aromatic heterocycles. The Morgan fingerprint density at radius 3 is 2.78 bits per heavy atom. The molecule has 0 unspecified atom stereocenters. The number of H-pyrrole nitrogens is 1. The van der Waals surface area contributed by atoms with Crippen molar-refractivity contribution < 1.29 is 9.78 Å². The van der Waals surface area contributed by atoms with E-state index in [4.69, 9.17) is 11.5 Å². The molecule has 0 saturated carbocycles. The Hall–Kier alpha value is -2.80. The molecule has 0 bridgehead atoms. The van der Waals surface area contributed by atoms with Gasteiger partial charge in [0.25, 0.3) is 5.16 Å². The van der Waals surface area contributed by atoms with Gasteiger partial charge in [-0.05, 0) is 23.2 Å². The molecule has 7 heteroatoms. The first-order valence-electron chi connectivity index (χ1n) is 6.97. The van der Waals surface area contributed by atoms with Crippen LogP contribution in [-0.2, 0) is 4.79 Å². The van der Waals surface area contributed by atoms with Gasteiger partial charge in [-0.15, -0.1) is 0 Å². The van der Waals surface area contributed by atoms with Crippen LogP contribution < -0.4 is 21.8 Å². The lowest BCUT2D eigenvalue weighted by atomic mass is 10.1. The summed E-state index contributed by atoms with van der Waals surface area (Å²) in [5.74, 6) is 0.811. The van der Waals surface area contributed by atoms with Crippen LogP contribution in [0.2, 0.25) is 0 Å². The van der Waals surface area contributed by atoms with E-state index < -0.39 is 0 Å². The van der Waals surface area contributed by atoms with Crippen LogP contribution in [0.15, 0.2) is 53.7 Å². The highest BCUT2D eigenvalue weighted by molar-refractivity contribution is 7.99. The van der Waals surface area contributed by atoms with Gasteiger partial charge in [0.2, 0.25) is 17.5 Å². The molecule has 1 heterocycles. The van der Waals surface area contributed by atoms with Crippen LogP contribution in [0.1, 0.15) is 0 Å². The van der Waals surface area contributed by atoms with Crippen molar-refractivity contribution in [2.24, 2.45) is 0 Å². The number of aromatic amines is 1. The van der Waals surface area contributed by atoms with E-state index in [1.807, 2.05) is 42.5 Å². The lowest BCUT2D eigenvalue weighted by molar-refractivity contribution is -0.416. The van der Waals surface area contributed by atoms with Crippen LogP contribution in [0.5, 0.6) is 0 Å². The van der Waals surface area contributed by atoms with Gasteiger partial charge in [0.05, 0.1) is 11.8 Å². The van der Waals surface area contributed by atoms with Gasteiger partial charge in [0.1, 0.15) is 0 Å². The predicted octanol–water partition coefficient (Wildman–Crippen LogP) is 1.94. The summed E-state index contributed by atoms with van der Waals surface area (Å²) < 4.78 is 0. The highest BCUT2D eigenvalue weighted by Crippen LogP contribution is 2.23. The van der Waals surface area contributed by atoms with E-state index in [1.54, 1.807) is 0 Å². The number of nitrogens with one attached hydrogen (secondary N) is 2. The third kappa shape index (κ3) is 3.70. The van der Waals surface area contributed by atoms with Crippen LogP contribution in [0, 0.1) is 0 Å². The molecule has 6 N–H and O–H groups in total. The molecule has 0 fully saturated rings. The molecule has 0 aliphatic heterocycles. The zero-order valence-electron chi connectivity index (χ0n) is 12.2. The molecule has 0 saturated heterocycles. The molecule has 3 rings (SSSR count). The number of hydrogen-bond donors (Lipinski definition) is 3. The average Bonchev–Trinajstić information content (AvgIpc) is 2.52. The second-order valence-corrected chi connectivity index (χ2v) is 5.89. The standard InChI is InChI=1S/C16H15N5OS/c17-13-8-14(18)21-16(20-13)23-9-15(22)19-12-7-3-5-10-4-1-2-6-11(10)12/h1-8H,9H2,(H,19,22)(H4,17,18,20,21)/p+1. The number of aromatic nitrogens is 2. The normalized spacial score (nSPS) is 10.6. The number of nitrogen functional groups attached to an aromatic ring is 2. The zero-order chi connectivity index (χ0) is 16.2. The molecule has 6 nitrogen and oxygen atoms in total. The van der Waals surface area contributed by atoms with Crippen LogP contribution in [0.25, 0.3) is 10.8 Å². The number of amides is 1. The van der Waals surface area contributed by atoms with Gasteiger partial charge in [0.15, 0.2) is 0 Å². The molecule has 0 aliphatic carbocycles. The Balaban J connectivity index is 1.69. The van der Waals surface area contributed by atoms with Crippen molar-refractivity contribution in [1.29, 1.82) is 0 Å². The van der Waals surface area contributed by atoms with Crippen molar-refractivity contribution in [3.8, 4) is 0 Å². The van der Waals surface area contributed by atoms with E-state index in [2.05, 4.69) is 15.3 Å². The number of benzene rings is 2. The minimum absolute atomic E-state index is 0.123. The molecule has 2 aromatic carbocycles. The summed E-state index contributed by atoms with van der Waals surface area (Å²) in [7, 11) is 0. The summed E-state index contributed by atoms with van der Waals surface area (Å²) in [5, 5.41) is 5.52. The van der Waals surface area contributed by atoms with Gasteiger partial charge >= 0.3 is 0 Å². The smallest absolute Gasteiger partial charge is 0.299 e. The molecule has 0 spiro atoms. The van der Waals surface area contributed by atoms with Crippen molar-refractivity contribution >= 4 is 45.8 Å². The maximum absolute atomic E-state index is 12.2. The minimum atomic E-state index is -0.123. The van der Waals surface area contributed by atoms with Crippen LogP contribution in [0.3, 0.4) is 0 Å². The third-order valence-corrected chi connectivity index (χ3v) is 4.06. The van der Waals surface area contributed by atoms with E-state index in [0.29, 0.717) is 16.8 Å². The minimum Gasteiger partial charge on any atom is -0.370 e. The van der Waals surface area contributed by atoms with Crippen molar-refractivity contribution in [2.45, 2.75) is 5.16 Å². The Morgan fingerprint density at radius 2 is 1.96 bits per heavy atom. The Bertz CT molecular complexity index is 842. The fourth-order valence-electron chi connectivity index (χ4n) is 2.22. The largest absolute Gasteiger partial charge is 0.370 e. The molecule has 0 aliphatic rings. The van der Waals surface area contributed by atoms with Gasteiger partial charge in [-0.3, -0.25) is 4.79 Å². The maximum Gasteiger partial charge on any atom is 0.299 e. The molecule has 0 radical (unpaired) electrons. The lowest BCUT2D eigenvalue weighted by Crippen LogP contribution is -2.19. The number of rotatable bonds is 4. The van der Waals surface area contributed by atoms with Gasteiger partial charge in [-0.25, -0.2) is 4.98 Å². The fraction of sp³-hybridized carbons (Fsp3) is 0.0625. The number of nitrogens with zero attached hydrogens (tertiary/aromatic N) is 1. The molecule has 1 amide bonds. The molecule has 0 atom stereocenters. The van der Waals surface area contributed by atoms with E-state index in [9.17, 15) is 4.79 Å². The second kappa shape index (κ2) is 6.53. The Morgan fingerprint density at radius 1 is 1.17 bits per heavy atom. The average molecular weight is 326 g/mol. The summed E-state index contributed by atoms with van der Waals surface area (Å²) in [5.41, 5.74) is 12.1. The fourth-order valence-corrected chi connectivity index (χ4v) is 2.92. The SMILES string of the molecule is Nc1cc(N)[nH+]c(SCC(=O)Nc2cccc3ccccc23)n1. The number of thioether (sulfide) groups is 1. The van der Waals surface area contributed by atoms with E-state index in [1.165, 1.54) is 17.8 Å². The Kier molecular flexibility index (Phi) is 4.29. The zero-order valence-corrected chi connectivity index (χ0v) is 13.1. The number of carbonyl (C=O) groups excluding carboxylic acids is 1. The monoisotopic (exact) mass is 326 g/mol. The lowest BCUT2D eigenvalue weighted by Gasteiger charge is -2.08. The number of carbonyl (C=O) groups is 1. The number of hydrogen-bond acceptors (Lipinski definition) is 5. The molecular weight excluding hydrogens is 310 g/mol. The first-order chi connectivity index (χ1) is 11.1. The summed E-state index contributed by atoms with van der Waals surface area (Å²) >= 11 is 1.24. The molecule has 23 heavy (non-hydrogen) atoms. The Labute approximate surface area is 137 Å². The summed E-state index contributed by atoms with van der Waals surface area (Å²) in [4.78, 5) is 19.1. The first kappa shape index (κ1) is 15.1. The summed E-state index contributed by atoms with van der Waals surface area (Å²) in [6.45, 7) is 0. The van der Waals surface area contributed by atoms with E-state index >= 15 is 0 Å². The predicted molar refractivity (Wildman–Crippen MR) is 92.9 cm³/mol. The van der Waals surface area contributed by atoms with Gasteiger partial charge < -0.3 is 16.8 Å². The quantitative estimate of drug-likeness (QED) is 0.501. The molecular formula is C16H16N5OS+. The van der Waals surface area contributed by atoms with Crippen molar-refractivity contribution in [3.05, 3.63) is 48.5 Å². The summed E-state index contributed by atoms with van der Waals surface area (Å²) in [6, 6.07) is 15.2. The second-order valence-electron chi connectivity index (χ2n) is 4.93. The number of nitrogens with two attached hydrogens (primary N) is 2. The van der Waals surface area contributed by atoms with E-state index in [0.717, 1.165) is 16.5 Å². The third-order valence-electron chi connectivity index (χ3n) is 3.19. The number of anilines is 3. The van der Waals surface area contributed by atoms with Crippen LogP contribution in [-0.4, -0.2) is 16.6 Å². The maximum atomic E-state index is 12.2. The highest BCUT2D eigenvalue weighted by atomic mass is 32.2. The molecule has 3 aromatic rings. The van der Waals surface area contributed by atoms with Crippen LogP contribution in [0.4, 0.5) is 17.3 Å². The van der Waals surface area contributed by atoms with E-state index in [-0.39, 0.29) is 11.7 Å². The van der Waals surface area contributed by atoms with Crippen molar-refractivity contribution in [3.63, 3.8) is 0 Å². The van der Waals surface area contributed by atoms with Crippen LogP contribution >= 0.6 is 11.8 Å². The molecule has 116 valence electrons. The van der Waals surface area contributed by atoms with Gasteiger partial charge in [0, 0.05) is 11.1 Å². The number of fused-ring (bicyclic) bond motifs is 1. The topological polar surface area (TPSA) is 108 Å². The van der Waals surface area contributed by atoms with Gasteiger partial charge in [-0.2, -0.15) is 0 Å².